The fraction of sp³-hybridized carbons (Fsp3) is 0.692. The van der Waals surface area contributed by atoms with Crippen molar-refractivity contribution >= 4 is 12.6 Å². The standard InChI is InChI=1S/C13H22O2/c1-2-3-4-5-6-7-9-13(12-15)10-8-11-14/h9,11-12H,2-8,10H2,1H3. The van der Waals surface area contributed by atoms with Crippen molar-refractivity contribution in [3.05, 3.63) is 11.6 Å². The van der Waals surface area contributed by atoms with E-state index < -0.39 is 0 Å². The first kappa shape index (κ1) is 14.1. The molecule has 86 valence electrons. The molecule has 0 radical (unpaired) electrons. The summed E-state index contributed by atoms with van der Waals surface area (Å²) in [7, 11) is 0. The first-order chi connectivity index (χ1) is 7.35. The number of carbonyl (C=O) groups excluding carboxylic acids is 2. The molecular formula is C13H22O2. The number of allylic oxidation sites excluding steroid dienone is 2. The Morgan fingerprint density at radius 2 is 1.73 bits per heavy atom. The van der Waals surface area contributed by atoms with Gasteiger partial charge in [0.15, 0.2) is 0 Å². The van der Waals surface area contributed by atoms with Crippen LogP contribution >= 0.6 is 0 Å². The van der Waals surface area contributed by atoms with E-state index in [-0.39, 0.29) is 0 Å². The van der Waals surface area contributed by atoms with E-state index in [9.17, 15) is 9.59 Å². The molecule has 0 unspecified atom stereocenters. The lowest BCUT2D eigenvalue weighted by atomic mass is 10.1. The molecule has 15 heavy (non-hydrogen) atoms. The molecule has 0 N–H and O–H groups in total. The zero-order valence-corrected chi connectivity index (χ0v) is 9.71. The molecule has 2 heteroatoms. The highest BCUT2D eigenvalue weighted by Crippen LogP contribution is 2.08. The Bertz CT molecular complexity index is 195. The average molecular weight is 210 g/mol. The molecule has 2 nitrogen and oxygen atoms in total. The monoisotopic (exact) mass is 210 g/mol. The molecule has 0 aliphatic rings. The normalized spacial score (nSPS) is 11.4. The van der Waals surface area contributed by atoms with E-state index in [0.29, 0.717) is 12.8 Å². The third kappa shape index (κ3) is 9.39. The molecule has 0 aromatic carbocycles. The third-order valence-electron chi connectivity index (χ3n) is 2.42. The van der Waals surface area contributed by atoms with E-state index in [1.54, 1.807) is 0 Å². The van der Waals surface area contributed by atoms with Crippen molar-refractivity contribution in [3.63, 3.8) is 0 Å². The van der Waals surface area contributed by atoms with Gasteiger partial charge in [0.05, 0.1) is 0 Å². The van der Waals surface area contributed by atoms with E-state index in [4.69, 9.17) is 0 Å². The first-order valence-electron chi connectivity index (χ1n) is 5.93. The highest BCUT2D eigenvalue weighted by molar-refractivity contribution is 5.73. The second-order valence-electron chi connectivity index (χ2n) is 3.81. The Balaban J connectivity index is 3.52. The number of hydrogen-bond donors (Lipinski definition) is 0. The summed E-state index contributed by atoms with van der Waals surface area (Å²) in [6.45, 7) is 2.20. The molecule has 0 aromatic rings. The van der Waals surface area contributed by atoms with Gasteiger partial charge in [0, 0.05) is 6.42 Å². The molecule has 0 saturated heterocycles. The van der Waals surface area contributed by atoms with Gasteiger partial charge in [-0.1, -0.05) is 38.7 Å². The topological polar surface area (TPSA) is 34.1 Å². The van der Waals surface area contributed by atoms with Crippen molar-refractivity contribution in [1.82, 2.24) is 0 Å². The smallest absolute Gasteiger partial charge is 0.145 e. The van der Waals surface area contributed by atoms with Crippen LogP contribution in [0.1, 0.15) is 58.3 Å². The highest BCUT2D eigenvalue weighted by atomic mass is 16.1. The lowest BCUT2D eigenvalue weighted by Crippen LogP contribution is -1.87. The minimum atomic E-state index is 0.459. The van der Waals surface area contributed by atoms with Crippen LogP contribution in [0.25, 0.3) is 0 Å². The number of aldehydes is 2. The minimum Gasteiger partial charge on any atom is -0.303 e. The Morgan fingerprint density at radius 1 is 1.00 bits per heavy atom. The van der Waals surface area contributed by atoms with Gasteiger partial charge >= 0.3 is 0 Å². The van der Waals surface area contributed by atoms with Crippen LogP contribution in [0.2, 0.25) is 0 Å². The summed E-state index contributed by atoms with van der Waals surface area (Å²) in [6.07, 6.45) is 12.0. The van der Waals surface area contributed by atoms with Gasteiger partial charge in [-0.05, 0) is 24.8 Å². The van der Waals surface area contributed by atoms with Crippen LogP contribution in [0.4, 0.5) is 0 Å². The molecule has 0 heterocycles. The van der Waals surface area contributed by atoms with Gasteiger partial charge in [-0.3, -0.25) is 4.79 Å². The SMILES string of the molecule is CCCCCCCC=C(C=O)CCC=O. The van der Waals surface area contributed by atoms with Crippen LogP contribution in [0.15, 0.2) is 11.6 Å². The summed E-state index contributed by atoms with van der Waals surface area (Å²) in [6, 6.07) is 0. The van der Waals surface area contributed by atoms with Crippen LogP contribution in [0, 0.1) is 0 Å². The molecule has 0 saturated carbocycles. The lowest BCUT2D eigenvalue weighted by molar-refractivity contribution is -0.107. The second kappa shape index (κ2) is 11.2. The predicted octanol–water partition coefficient (Wildman–Crippen LogP) is 3.45. The fourth-order valence-electron chi connectivity index (χ4n) is 1.47. The maximum absolute atomic E-state index is 10.6. The van der Waals surface area contributed by atoms with Crippen LogP contribution in [-0.2, 0) is 9.59 Å². The fourth-order valence-corrected chi connectivity index (χ4v) is 1.47. The summed E-state index contributed by atoms with van der Waals surface area (Å²) >= 11 is 0. The van der Waals surface area contributed by atoms with Crippen molar-refractivity contribution in [2.75, 3.05) is 0 Å². The van der Waals surface area contributed by atoms with Crippen molar-refractivity contribution in [3.8, 4) is 0 Å². The Kier molecular flexibility index (Phi) is 10.5. The van der Waals surface area contributed by atoms with Crippen LogP contribution in [0.3, 0.4) is 0 Å². The largest absolute Gasteiger partial charge is 0.303 e. The molecule has 0 aliphatic heterocycles. The molecule has 0 amide bonds. The van der Waals surface area contributed by atoms with Gasteiger partial charge in [0.25, 0.3) is 0 Å². The average Bonchev–Trinajstić information content (AvgIpc) is 2.27. The van der Waals surface area contributed by atoms with Crippen LogP contribution in [-0.4, -0.2) is 12.6 Å². The molecule has 0 aromatic heterocycles. The molecule has 0 bridgehead atoms. The maximum Gasteiger partial charge on any atom is 0.145 e. The summed E-state index contributed by atoms with van der Waals surface area (Å²) in [5.74, 6) is 0. The maximum atomic E-state index is 10.6. The molecular weight excluding hydrogens is 188 g/mol. The van der Waals surface area contributed by atoms with E-state index >= 15 is 0 Å². The molecule has 0 rings (SSSR count). The zero-order chi connectivity index (χ0) is 11.4. The lowest BCUT2D eigenvalue weighted by Gasteiger charge is -1.98. The molecule has 0 atom stereocenters. The summed E-state index contributed by atoms with van der Waals surface area (Å²) in [4.78, 5) is 20.7. The molecule has 0 aliphatic carbocycles. The Morgan fingerprint density at radius 3 is 2.33 bits per heavy atom. The van der Waals surface area contributed by atoms with Crippen molar-refractivity contribution < 1.29 is 9.59 Å². The van der Waals surface area contributed by atoms with Crippen LogP contribution in [0.5, 0.6) is 0 Å². The van der Waals surface area contributed by atoms with Gasteiger partial charge in [0.1, 0.15) is 12.6 Å². The quantitative estimate of drug-likeness (QED) is 0.314. The number of unbranched alkanes of at least 4 members (excludes halogenated alkanes) is 5. The number of hydrogen-bond acceptors (Lipinski definition) is 2. The summed E-state index contributed by atoms with van der Waals surface area (Å²) in [5, 5.41) is 0. The van der Waals surface area contributed by atoms with E-state index in [0.717, 1.165) is 31.0 Å². The minimum absolute atomic E-state index is 0.459. The third-order valence-corrected chi connectivity index (χ3v) is 2.42. The summed E-state index contributed by atoms with van der Waals surface area (Å²) < 4.78 is 0. The number of carbonyl (C=O) groups is 2. The Labute approximate surface area is 92.8 Å². The first-order valence-corrected chi connectivity index (χ1v) is 5.93. The van der Waals surface area contributed by atoms with Gasteiger partial charge in [0.2, 0.25) is 0 Å². The van der Waals surface area contributed by atoms with Gasteiger partial charge < -0.3 is 4.79 Å². The predicted molar refractivity (Wildman–Crippen MR) is 62.8 cm³/mol. The van der Waals surface area contributed by atoms with E-state index in [1.807, 2.05) is 6.08 Å². The van der Waals surface area contributed by atoms with Crippen molar-refractivity contribution in [1.29, 1.82) is 0 Å². The van der Waals surface area contributed by atoms with E-state index in [2.05, 4.69) is 6.92 Å². The molecule has 0 spiro atoms. The van der Waals surface area contributed by atoms with E-state index in [1.165, 1.54) is 25.7 Å². The van der Waals surface area contributed by atoms with Gasteiger partial charge in [-0.25, -0.2) is 0 Å². The second-order valence-corrected chi connectivity index (χ2v) is 3.81. The molecule has 0 fully saturated rings. The van der Waals surface area contributed by atoms with Crippen molar-refractivity contribution in [2.24, 2.45) is 0 Å². The van der Waals surface area contributed by atoms with Gasteiger partial charge in [-0.2, -0.15) is 0 Å². The Hall–Kier alpha value is -0.920. The highest BCUT2D eigenvalue weighted by Gasteiger charge is 1.94. The number of rotatable bonds is 10. The zero-order valence-electron chi connectivity index (χ0n) is 9.71. The van der Waals surface area contributed by atoms with Crippen LogP contribution < -0.4 is 0 Å². The van der Waals surface area contributed by atoms with Gasteiger partial charge in [-0.15, -0.1) is 0 Å². The summed E-state index contributed by atoms with van der Waals surface area (Å²) in [5.41, 5.74) is 0.776. The van der Waals surface area contributed by atoms with Crippen molar-refractivity contribution in [2.45, 2.75) is 58.3 Å².